The van der Waals surface area contributed by atoms with E-state index in [1.165, 1.54) is 18.4 Å². The highest BCUT2D eigenvalue weighted by atomic mass is 35.5. The molecule has 0 radical (unpaired) electrons. The minimum absolute atomic E-state index is 0.0462. The van der Waals surface area contributed by atoms with Gasteiger partial charge in [-0.3, -0.25) is 0 Å². The Morgan fingerprint density at radius 2 is 2.00 bits per heavy atom. The number of halogens is 1. The lowest BCUT2D eigenvalue weighted by Gasteiger charge is -2.31. The van der Waals surface area contributed by atoms with Crippen molar-refractivity contribution in [2.45, 2.75) is 52.7 Å². The number of anilines is 1. The number of terminal acetylenes is 1. The number of thiazole rings is 1. The number of aromatic nitrogens is 1. The van der Waals surface area contributed by atoms with Crippen LogP contribution in [0.3, 0.4) is 0 Å². The lowest BCUT2D eigenvalue weighted by Crippen LogP contribution is -2.29. The fraction of sp³-hybridized carbons (Fsp3) is 0.393. The van der Waals surface area contributed by atoms with Gasteiger partial charge in [-0.2, -0.15) is 0 Å². The standard InChI is InChI=1S/C28H31ClN2O2S/c1-6-11-31(25(14-20-7-8-20)21-9-10-22(16-32)17(2)12-21)28-30-27(19(4)34-28)23-13-18(3)26(33-5)15-24(23)29/h1,9-10,12-13,15,20,25,32H,7-8,11,14,16H2,2-5H3/t25-/m0/s1. The first kappa shape index (κ1) is 24.6. The van der Waals surface area contributed by atoms with E-state index in [0.717, 1.165) is 50.1 Å². The fourth-order valence-electron chi connectivity index (χ4n) is 4.45. The van der Waals surface area contributed by atoms with Crippen molar-refractivity contribution in [2.75, 3.05) is 18.6 Å². The molecule has 1 aliphatic carbocycles. The second kappa shape index (κ2) is 10.4. The lowest BCUT2D eigenvalue weighted by molar-refractivity contribution is 0.281. The summed E-state index contributed by atoms with van der Waals surface area (Å²) in [6.45, 7) is 6.66. The maximum atomic E-state index is 9.63. The van der Waals surface area contributed by atoms with Crippen LogP contribution >= 0.6 is 22.9 Å². The van der Waals surface area contributed by atoms with Gasteiger partial charge in [0.05, 0.1) is 37.0 Å². The Morgan fingerprint density at radius 1 is 1.24 bits per heavy atom. The molecule has 1 saturated carbocycles. The third kappa shape index (κ3) is 5.10. The van der Waals surface area contributed by atoms with Crippen LogP contribution in [0.4, 0.5) is 5.13 Å². The van der Waals surface area contributed by atoms with E-state index in [2.05, 4.69) is 36.8 Å². The lowest BCUT2D eigenvalue weighted by atomic mass is 9.96. The summed E-state index contributed by atoms with van der Waals surface area (Å²) >= 11 is 8.29. The predicted molar refractivity (Wildman–Crippen MR) is 142 cm³/mol. The molecule has 0 saturated heterocycles. The number of aliphatic hydroxyl groups is 1. The van der Waals surface area contributed by atoms with E-state index in [0.29, 0.717) is 17.5 Å². The van der Waals surface area contributed by atoms with Crippen molar-refractivity contribution in [1.29, 1.82) is 0 Å². The molecule has 4 rings (SSSR count). The van der Waals surface area contributed by atoms with E-state index < -0.39 is 0 Å². The van der Waals surface area contributed by atoms with Crippen LogP contribution in [0.5, 0.6) is 5.75 Å². The van der Waals surface area contributed by atoms with E-state index in [9.17, 15) is 5.11 Å². The molecule has 1 heterocycles. The summed E-state index contributed by atoms with van der Waals surface area (Å²) in [6.07, 6.45) is 9.41. The van der Waals surface area contributed by atoms with Crippen molar-refractivity contribution in [3.63, 3.8) is 0 Å². The number of aliphatic hydroxyl groups excluding tert-OH is 1. The van der Waals surface area contributed by atoms with Gasteiger partial charge in [0.25, 0.3) is 0 Å². The van der Waals surface area contributed by atoms with E-state index in [4.69, 9.17) is 27.7 Å². The molecule has 6 heteroatoms. The molecule has 1 atom stereocenters. The topological polar surface area (TPSA) is 45.6 Å². The third-order valence-corrected chi connectivity index (χ3v) is 7.90. The highest BCUT2D eigenvalue weighted by molar-refractivity contribution is 7.16. The molecule has 0 aliphatic heterocycles. The number of nitrogens with zero attached hydrogens (tertiary/aromatic N) is 2. The molecular formula is C28H31ClN2O2S. The minimum atomic E-state index is 0.0462. The van der Waals surface area contributed by atoms with Crippen molar-refractivity contribution < 1.29 is 9.84 Å². The predicted octanol–water partition coefficient (Wildman–Crippen LogP) is 6.87. The molecule has 1 aromatic heterocycles. The van der Waals surface area contributed by atoms with Gasteiger partial charge in [-0.05, 0) is 67.5 Å². The molecule has 178 valence electrons. The molecule has 3 aromatic rings. The molecule has 1 aliphatic rings. The van der Waals surface area contributed by atoms with Crippen molar-refractivity contribution >= 4 is 28.1 Å². The average Bonchev–Trinajstić information content (AvgIpc) is 3.56. The van der Waals surface area contributed by atoms with Crippen LogP contribution in [0.2, 0.25) is 5.02 Å². The molecule has 34 heavy (non-hydrogen) atoms. The molecule has 0 unspecified atom stereocenters. The van der Waals surface area contributed by atoms with E-state index in [-0.39, 0.29) is 12.6 Å². The molecule has 1 N–H and O–H groups in total. The number of ether oxygens (including phenoxy) is 1. The second-order valence-corrected chi connectivity index (χ2v) is 10.7. The SMILES string of the molecule is C#CCN(c1nc(-c2cc(C)c(OC)cc2Cl)c(C)s1)[C@@H](CC1CC1)c1ccc(CO)c(C)c1. The summed E-state index contributed by atoms with van der Waals surface area (Å²) in [5, 5.41) is 11.2. The molecule has 2 aromatic carbocycles. The Kier molecular flexibility index (Phi) is 7.52. The Bertz CT molecular complexity index is 1230. The number of rotatable bonds is 9. The second-order valence-electron chi connectivity index (χ2n) is 9.07. The maximum Gasteiger partial charge on any atom is 0.187 e. The van der Waals surface area contributed by atoms with Gasteiger partial charge in [-0.1, -0.05) is 48.6 Å². The summed E-state index contributed by atoms with van der Waals surface area (Å²) in [5.41, 5.74) is 6.07. The van der Waals surface area contributed by atoms with E-state index >= 15 is 0 Å². The monoisotopic (exact) mass is 494 g/mol. The van der Waals surface area contributed by atoms with Crippen molar-refractivity contribution in [3.8, 4) is 29.4 Å². The molecular weight excluding hydrogens is 464 g/mol. The molecule has 0 bridgehead atoms. The van der Waals surface area contributed by atoms with Crippen LogP contribution in [-0.2, 0) is 6.61 Å². The van der Waals surface area contributed by atoms with Crippen molar-refractivity contribution in [1.82, 2.24) is 4.98 Å². The van der Waals surface area contributed by atoms with E-state index in [1.807, 2.05) is 25.1 Å². The van der Waals surface area contributed by atoms with Gasteiger partial charge in [0.2, 0.25) is 0 Å². The first-order valence-corrected chi connectivity index (χ1v) is 12.8. The average molecular weight is 495 g/mol. The van der Waals surface area contributed by atoms with Crippen LogP contribution in [0.1, 0.15) is 52.4 Å². The van der Waals surface area contributed by atoms with Crippen LogP contribution in [0, 0.1) is 39.0 Å². The number of hydrogen-bond donors (Lipinski definition) is 1. The van der Waals surface area contributed by atoms with Crippen molar-refractivity contribution in [3.05, 3.63) is 62.5 Å². The maximum absolute atomic E-state index is 9.63. The zero-order valence-electron chi connectivity index (χ0n) is 20.2. The Labute approximate surface area is 211 Å². The van der Waals surface area contributed by atoms with Crippen molar-refractivity contribution in [2.24, 2.45) is 5.92 Å². The van der Waals surface area contributed by atoms with Crippen LogP contribution in [0.25, 0.3) is 11.3 Å². The van der Waals surface area contributed by atoms with Gasteiger partial charge in [0.1, 0.15) is 5.75 Å². The number of hydrogen-bond acceptors (Lipinski definition) is 5. The fourth-order valence-corrected chi connectivity index (χ4v) is 5.66. The largest absolute Gasteiger partial charge is 0.496 e. The number of aryl methyl sites for hydroxylation is 3. The highest BCUT2D eigenvalue weighted by Crippen LogP contribution is 2.44. The molecule has 4 nitrogen and oxygen atoms in total. The van der Waals surface area contributed by atoms with E-state index in [1.54, 1.807) is 18.4 Å². The first-order chi connectivity index (χ1) is 16.4. The minimum Gasteiger partial charge on any atom is -0.496 e. The van der Waals surface area contributed by atoms with Gasteiger partial charge in [0.15, 0.2) is 5.13 Å². The molecule has 0 amide bonds. The molecule has 0 spiro atoms. The zero-order valence-corrected chi connectivity index (χ0v) is 21.8. The van der Waals surface area contributed by atoms with Gasteiger partial charge in [-0.25, -0.2) is 4.98 Å². The summed E-state index contributed by atoms with van der Waals surface area (Å²) in [5.74, 6) is 4.34. The quantitative estimate of drug-likeness (QED) is 0.330. The number of methoxy groups -OCH3 is 1. The highest BCUT2D eigenvalue weighted by Gasteiger charge is 2.32. The van der Waals surface area contributed by atoms with Gasteiger partial charge in [0, 0.05) is 10.4 Å². The van der Waals surface area contributed by atoms with Crippen LogP contribution in [-0.4, -0.2) is 23.7 Å². The Hall–Kier alpha value is -2.52. The first-order valence-electron chi connectivity index (χ1n) is 11.6. The zero-order chi connectivity index (χ0) is 24.4. The van der Waals surface area contributed by atoms with Gasteiger partial charge in [-0.15, -0.1) is 17.8 Å². The summed E-state index contributed by atoms with van der Waals surface area (Å²) in [4.78, 5) is 8.43. The van der Waals surface area contributed by atoms with Crippen LogP contribution < -0.4 is 9.64 Å². The normalized spacial score (nSPS) is 14.0. The third-order valence-electron chi connectivity index (χ3n) is 6.58. The molecule has 1 fully saturated rings. The Balaban J connectivity index is 1.76. The summed E-state index contributed by atoms with van der Waals surface area (Å²) < 4.78 is 5.42. The number of benzene rings is 2. The smallest absolute Gasteiger partial charge is 0.187 e. The Morgan fingerprint density at radius 3 is 2.62 bits per heavy atom. The summed E-state index contributed by atoms with van der Waals surface area (Å²) in [7, 11) is 1.65. The van der Waals surface area contributed by atoms with Crippen LogP contribution in [0.15, 0.2) is 30.3 Å². The van der Waals surface area contributed by atoms with Gasteiger partial charge >= 0.3 is 0 Å². The van der Waals surface area contributed by atoms with Gasteiger partial charge < -0.3 is 14.7 Å². The summed E-state index contributed by atoms with van der Waals surface area (Å²) in [6, 6.07) is 10.4.